The highest BCUT2D eigenvalue weighted by molar-refractivity contribution is 9.10. The Balaban J connectivity index is 1.40. The third kappa shape index (κ3) is 3.51. The summed E-state index contributed by atoms with van der Waals surface area (Å²) in [7, 11) is 0. The molecular weight excluding hydrogens is 392 g/mol. The Labute approximate surface area is 160 Å². The van der Waals surface area contributed by atoms with Crippen LogP contribution in [0.5, 0.6) is 0 Å². The molecule has 0 spiro atoms. The van der Waals surface area contributed by atoms with Crippen LogP contribution < -0.4 is 4.90 Å². The molecule has 26 heavy (non-hydrogen) atoms. The lowest BCUT2D eigenvalue weighted by molar-refractivity contribution is 0.0746. The van der Waals surface area contributed by atoms with Crippen molar-refractivity contribution in [3.05, 3.63) is 70.7 Å². The van der Waals surface area contributed by atoms with Gasteiger partial charge in [-0.25, -0.2) is 0 Å². The highest BCUT2D eigenvalue weighted by Crippen LogP contribution is 2.23. The van der Waals surface area contributed by atoms with E-state index in [0.29, 0.717) is 13.1 Å². The minimum Gasteiger partial charge on any atom is -0.352 e. The summed E-state index contributed by atoms with van der Waals surface area (Å²) in [5.74, 6) is 1.02. The van der Waals surface area contributed by atoms with E-state index in [4.69, 9.17) is 0 Å². The van der Waals surface area contributed by atoms with Gasteiger partial charge in [-0.3, -0.25) is 9.89 Å². The van der Waals surface area contributed by atoms with Crippen molar-refractivity contribution in [2.24, 2.45) is 0 Å². The van der Waals surface area contributed by atoms with E-state index >= 15 is 0 Å². The van der Waals surface area contributed by atoms with Crippen LogP contribution in [-0.2, 0) is 0 Å². The van der Waals surface area contributed by atoms with Gasteiger partial charge in [-0.15, -0.1) is 0 Å². The van der Waals surface area contributed by atoms with Crippen LogP contribution in [0.4, 0.5) is 5.82 Å². The molecule has 132 valence electrons. The summed E-state index contributed by atoms with van der Waals surface area (Å²) in [6.07, 6.45) is 0. The third-order valence-corrected chi connectivity index (χ3v) is 5.16. The lowest BCUT2D eigenvalue weighted by Crippen LogP contribution is -2.48. The molecule has 1 aliphatic rings. The summed E-state index contributed by atoms with van der Waals surface area (Å²) < 4.78 is 0.978. The average molecular weight is 411 g/mol. The zero-order valence-electron chi connectivity index (χ0n) is 14.2. The number of halogens is 1. The second kappa shape index (κ2) is 7.33. The van der Waals surface area contributed by atoms with Gasteiger partial charge in [0.2, 0.25) is 0 Å². The van der Waals surface area contributed by atoms with E-state index < -0.39 is 0 Å². The van der Waals surface area contributed by atoms with Crippen LogP contribution in [0.25, 0.3) is 11.3 Å². The maximum Gasteiger partial charge on any atom is 0.253 e. The van der Waals surface area contributed by atoms with Crippen molar-refractivity contribution < 1.29 is 4.79 Å². The SMILES string of the molecule is O=C(c1ccc(Br)cc1)N1CCN(c2cc(-c3ccccc3)[nH]n2)CC1. The molecule has 0 atom stereocenters. The molecule has 0 radical (unpaired) electrons. The number of anilines is 1. The molecule has 2 aromatic carbocycles. The van der Waals surface area contributed by atoms with Crippen molar-refractivity contribution in [1.82, 2.24) is 15.1 Å². The Morgan fingerprint density at radius 3 is 2.35 bits per heavy atom. The van der Waals surface area contributed by atoms with Crippen molar-refractivity contribution in [3.63, 3.8) is 0 Å². The van der Waals surface area contributed by atoms with Gasteiger partial charge in [-0.2, -0.15) is 5.10 Å². The zero-order chi connectivity index (χ0) is 17.9. The topological polar surface area (TPSA) is 52.2 Å². The second-order valence-electron chi connectivity index (χ2n) is 6.29. The number of benzene rings is 2. The molecule has 1 aliphatic heterocycles. The lowest BCUT2D eigenvalue weighted by Gasteiger charge is -2.34. The van der Waals surface area contributed by atoms with Crippen LogP contribution in [-0.4, -0.2) is 47.2 Å². The molecule has 1 fully saturated rings. The first kappa shape index (κ1) is 16.8. The van der Waals surface area contributed by atoms with Crippen molar-refractivity contribution in [2.75, 3.05) is 31.1 Å². The van der Waals surface area contributed by atoms with Gasteiger partial charge in [0.05, 0.1) is 5.69 Å². The van der Waals surface area contributed by atoms with Gasteiger partial charge in [0.25, 0.3) is 5.91 Å². The molecule has 3 aromatic rings. The summed E-state index contributed by atoms with van der Waals surface area (Å²) in [5.41, 5.74) is 2.86. The molecule has 1 saturated heterocycles. The van der Waals surface area contributed by atoms with E-state index in [2.05, 4.69) is 49.2 Å². The van der Waals surface area contributed by atoms with E-state index in [-0.39, 0.29) is 5.91 Å². The van der Waals surface area contributed by atoms with Crippen molar-refractivity contribution in [2.45, 2.75) is 0 Å². The number of rotatable bonds is 3. The highest BCUT2D eigenvalue weighted by atomic mass is 79.9. The normalized spacial score (nSPS) is 14.5. The van der Waals surface area contributed by atoms with E-state index in [1.165, 1.54) is 0 Å². The number of H-pyrrole nitrogens is 1. The minimum atomic E-state index is 0.0872. The predicted octanol–water partition coefficient (Wildman–Crippen LogP) is 3.80. The summed E-state index contributed by atoms with van der Waals surface area (Å²) in [6.45, 7) is 2.95. The van der Waals surface area contributed by atoms with Crippen molar-refractivity contribution >= 4 is 27.7 Å². The van der Waals surface area contributed by atoms with Crippen LogP contribution >= 0.6 is 15.9 Å². The number of carbonyl (C=O) groups excluding carboxylic acids is 1. The summed E-state index contributed by atoms with van der Waals surface area (Å²) >= 11 is 3.40. The Hall–Kier alpha value is -2.60. The van der Waals surface area contributed by atoms with E-state index in [0.717, 1.165) is 40.2 Å². The molecule has 1 N–H and O–H groups in total. The number of aromatic amines is 1. The molecule has 0 aliphatic carbocycles. The number of hydrogen-bond donors (Lipinski definition) is 1. The van der Waals surface area contributed by atoms with Gasteiger partial charge >= 0.3 is 0 Å². The molecule has 0 saturated carbocycles. The fraction of sp³-hybridized carbons (Fsp3) is 0.200. The third-order valence-electron chi connectivity index (χ3n) is 4.63. The summed E-state index contributed by atoms with van der Waals surface area (Å²) in [4.78, 5) is 16.7. The van der Waals surface area contributed by atoms with Gasteiger partial charge < -0.3 is 9.80 Å². The van der Waals surface area contributed by atoms with Crippen molar-refractivity contribution in [3.8, 4) is 11.3 Å². The number of aromatic nitrogens is 2. The van der Waals surface area contributed by atoms with Crippen LogP contribution in [0.3, 0.4) is 0 Å². The van der Waals surface area contributed by atoms with Crippen molar-refractivity contribution in [1.29, 1.82) is 0 Å². The summed E-state index contributed by atoms with van der Waals surface area (Å²) in [5, 5.41) is 7.55. The smallest absolute Gasteiger partial charge is 0.253 e. The molecule has 6 heteroatoms. The van der Waals surface area contributed by atoms with E-state index in [9.17, 15) is 4.79 Å². The first-order chi connectivity index (χ1) is 12.7. The maximum atomic E-state index is 12.6. The molecule has 2 heterocycles. The van der Waals surface area contributed by atoms with Crippen LogP contribution in [0, 0.1) is 0 Å². The quantitative estimate of drug-likeness (QED) is 0.714. The molecule has 4 rings (SSSR count). The standard InChI is InChI=1S/C20H19BrN4O/c21-17-8-6-16(7-9-17)20(26)25-12-10-24(11-13-25)19-14-18(22-23-19)15-4-2-1-3-5-15/h1-9,14H,10-13H2,(H,22,23). The van der Waals surface area contributed by atoms with Crippen LogP contribution in [0.15, 0.2) is 65.1 Å². The largest absolute Gasteiger partial charge is 0.352 e. The molecule has 1 aromatic heterocycles. The lowest BCUT2D eigenvalue weighted by atomic mass is 10.1. The second-order valence-corrected chi connectivity index (χ2v) is 7.21. The number of hydrogen-bond acceptors (Lipinski definition) is 3. The number of amides is 1. The van der Waals surface area contributed by atoms with Gasteiger partial charge in [0, 0.05) is 42.3 Å². The molecular formula is C20H19BrN4O. The molecule has 5 nitrogen and oxygen atoms in total. The monoisotopic (exact) mass is 410 g/mol. The van der Waals surface area contributed by atoms with Gasteiger partial charge in [0.1, 0.15) is 0 Å². The number of nitrogens with zero attached hydrogens (tertiary/aromatic N) is 3. The van der Waals surface area contributed by atoms with Gasteiger partial charge in [-0.1, -0.05) is 46.3 Å². The van der Waals surface area contributed by atoms with Crippen LogP contribution in [0.1, 0.15) is 10.4 Å². The Morgan fingerprint density at radius 2 is 1.65 bits per heavy atom. The highest BCUT2D eigenvalue weighted by Gasteiger charge is 2.23. The zero-order valence-corrected chi connectivity index (χ0v) is 15.8. The fourth-order valence-corrected chi connectivity index (χ4v) is 3.42. The number of nitrogens with one attached hydrogen (secondary N) is 1. The molecule has 1 amide bonds. The Morgan fingerprint density at radius 1 is 0.962 bits per heavy atom. The van der Waals surface area contributed by atoms with Gasteiger partial charge in [-0.05, 0) is 29.8 Å². The van der Waals surface area contributed by atoms with Gasteiger partial charge in [0.15, 0.2) is 5.82 Å². The fourth-order valence-electron chi connectivity index (χ4n) is 3.15. The first-order valence-corrected chi connectivity index (χ1v) is 9.40. The maximum absolute atomic E-state index is 12.6. The first-order valence-electron chi connectivity index (χ1n) is 8.61. The Kier molecular flexibility index (Phi) is 4.75. The minimum absolute atomic E-state index is 0.0872. The van der Waals surface area contributed by atoms with Crippen LogP contribution in [0.2, 0.25) is 0 Å². The predicted molar refractivity (Wildman–Crippen MR) is 106 cm³/mol. The van der Waals surface area contributed by atoms with E-state index in [1.807, 2.05) is 47.4 Å². The molecule has 0 unspecified atom stereocenters. The Bertz CT molecular complexity index is 884. The molecule has 0 bridgehead atoms. The number of piperazine rings is 1. The summed E-state index contributed by atoms with van der Waals surface area (Å²) in [6, 6.07) is 19.8. The van der Waals surface area contributed by atoms with E-state index in [1.54, 1.807) is 0 Å². The average Bonchev–Trinajstić information content (AvgIpc) is 3.19. The number of carbonyl (C=O) groups is 1.